The van der Waals surface area contributed by atoms with Crippen LogP contribution in [0.1, 0.15) is 33.3 Å². The molecule has 21 heavy (non-hydrogen) atoms. The zero-order valence-electron chi connectivity index (χ0n) is 13.4. The van der Waals surface area contributed by atoms with Crippen LogP contribution >= 0.6 is 11.6 Å². The third kappa shape index (κ3) is 4.83. The average molecular weight is 312 g/mol. The lowest BCUT2D eigenvalue weighted by molar-refractivity contribution is -0.0279. The van der Waals surface area contributed by atoms with Crippen LogP contribution in [0.25, 0.3) is 0 Å². The summed E-state index contributed by atoms with van der Waals surface area (Å²) in [4.78, 5) is 6.77. The molecule has 4 nitrogen and oxygen atoms in total. The zero-order chi connectivity index (χ0) is 15.5. The van der Waals surface area contributed by atoms with Crippen molar-refractivity contribution in [3.05, 3.63) is 22.8 Å². The van der Waals surface area contributed by atoms with Crippen LogP contribution in [0, 0.1) is 5.92 Å². The minimum Gasteiger partial charge on any atom is -0.372 e. The van der Waals surface area contributed by atoms with Crippen LogP contribution < -0.4 is 10.2 Å². The Kier molecular flexibility index (Phi) is 5.47. The molecule has 0 aromatic carbocycles. The second kappa shape index (κ2) is 6.95. The Morgan fingerprint density at radius 3 is 2.86 bits per heavy atom. The molecule has 118 valence electrons. The predicted molar refractivity (Wildman–Crippen MR) is 88.0 cm³/mol. The number of morpholine rings is 1. The standard InChI is InChI=1S/C16H26ClN3O/c1-12(2)8-18-9-13-7-14(17)15(19-10-13)20-5-6-21-16(3,4)11-20/h7,10,12,18H,5-6,8-9,11H2,1-4H3. The van der Waals surface area contributed by atoms with Gasteiger partial charge in [-0.25, -0.2) is 4.98 Å². The highest BCUT2D eigenvalue weighted by atomic mass is 35.5. The lowest BCUT2D eigenvalue weighted by atomic mass is 10.1. The minimum absolute atomic E-state index is 0.152. The lowest BCUT2D eigenvalue weighted by Gasteiger charge is -2.39. The van der Waals surface area contributed by atoms with E-state index in [2.05, 4.69) is 42.9 Å². The first-order chi connectivity index (χ1) is 9.87. The number of pyridine rings is 1. The first-order valence-corrected chi connectivity index (χ1v) is 7.99. The summed E-state index contributed by atoms with van der Waals surface area (Å²) < 4.78 is 5.73. The number of hydrogen-bond donors (Lipinski definition) is 1. The molecule has 1 N–H and O–H groups in total. The quantitative estimate of drug-likeness (QED) is 0.906. The molecule has 0 aliphatic carbocycles. The van der Waals surface area contributed by atoms with Gasteiger partial charge in [-0.05, 0) is 37.9 Å². The molecule has 0 atom stereocenters. The molecule has 2 rings (SSSR count). The van der Waals surface area contributed by atoms with Gasteiger partial charge in [0.1, 0.15) is 5.82 Å². The normalized spacial score (nSPS) is 18.3. The second-order valence-corrected chi connectivity index (χ2v) is 7.11. The fourth-order valence-corrected chi connectivity index (χ4v) is 2.81. The Morgan fingerprint density at radius 1 is 1.48 bits per heavy atom. The summed E-state index contributed by atoms with van der Waals surface area (Å²) in [5.74, 6) is 1.50. The van der Waals surface area contributed by atoms with Crippen molar-refractivity contribution in [3.63, 3.8) is 0 Å². The first kappa shape index (κ1) is 16.5. The molecule has 1 aromatic rings. The highest BCUT2D eigenvalue weighted by Gasteiger charge is 2.28. The molecule has 1 fully saturated rings. The Labute approximate surface area is 132 Å². The largest absolute Gasteiger partial charge is 0.372 e. The van der Waals surface area contributed by atoms with E-state index in [1.165, 1.54) is 0 Å². The van der Waals surface area contributed by atoms with Gasteiger partial charge in [0.25, 0.3) is 0 Å². The maximum Gasteiger partial charge on any atom is 0.147 e. The number of ether oxygens (including phenoxy) is 1. The number of anilines is 1. The fraction of sp³-hybridized carbons (Fsp3) is 0.688. The van der Waals surface area contributed by atoms with Gasteiger partial charge in [0.15, 0.2) is 0 Å². The summed E-state index contributed by atoms with van der Waals surface area (Å²) in [6.45, 7) is 12.7. The molecule has 0 spiro atoms. The van der Waals surface area contributed by atoms with Gasteiger partial charge in [-0.3, -0.25) is 0 Å². The molecule has 2 heterocycles. The van der Waals surface area contributed by atoms with Crippen molar-refractivity contribution in [3.8, 4) is 0 Å². The topological polar surface area (TPSA) is 37.4 Å². The number of nitrogens with zero attached hydrogens (tertiary/aromatic N) is 2. The Balaban J connectivity index is 2.02. The van der Waals surface area contributed by atoms with Gasteiger partial charge in [-0.15, -0.1) is 0 Å². The molecule has 1 saturated heterocycles. The van der Waals surface area contributed by atoms with Gasteiger partial charge in [0.05, 0.1) is 17.2 Å². The molecule has 1 aromatic heterocycles. The van der Waals surface area contributed by atoms with E-state index in [1.54, 1.807) is 0 Å². The fourth-order valence-electron chi connectivity index (χ4n) is 2.50. The summed E-state index contributed by atoms with van der Waals surface area (Å²) in [6, 6.07) is 2.01. The first-order valence-electron chi connectivity index (χ1n) is 7.61. The number of nitrogens with one attached hydrogen (secondary N) is 1. The molecule has 5 heteroatoms. The van der Waals surface area contributed by atoms with E-state index in [-0.39, 0.29) is 5.60 Å². The van der Waals surface area contributed by atoms with Crippen molar-refractivity contribution >= 4 is 17.4 Å². The molecular formula is C16H26ClN3O. The third-order valence-corrected chi connectivity index (χ3v) is 3.76. The van der Waals surface area contributed by atoms with Crippen LogP contribution in [0.3, 0.4) is 0 Å². The Hall–Kier alpha value is -0.840. The van der Waals surface area contributed by atoms with Gasteiger partial charge in [-0.2, -0.15) is 0 Å². The van der Waals surface area contributed by atoms with Crippen LogP contribution in [-0.2, 0) is 11.3 Å². The van der Waals surface area contributed by atoms with Crippen molar-refractivity contribution in [2.45, 2.75) is 39.8 Å². The van der Waals surface area contributed by atoms with E-state index in [1.807, 2.05) is 12.3 Å². The molecule has 1 aliphatic rings. The van der Waals surface area contributed by atoms with Crippen molar-refractivity contribution < 1.29 is 4.74 Å². The summed E-state index contributed by atoms with van der Waals surface area (Å²) in [5, 5.41) is 4.13. The lowest BCUT2D eigenvalue weighted by Crippen LogP contribution is -2.48. The van der Waals surface area contributed by atoms with Crippen molar-refractivity contribution in [2.24, 2.45) is 5.92 Å². The van der Waals surface area contributed by atoms with E-state index < -0.39 is 0 Å². The van der Waals surface area contributed by atoms with E-state index in [4.69, 9.17) is 16.3 Å². The number of hydrogen-bond acceptors (Lipinski definition) is 4. The zero-order valence-corrected chi connectivity index (χ0v) is 14.2. The van der Waals surface area contributed by atoms with Crippen molar-refractivity contribution in [1.82, 2.24) is 10.3 Å². The van der Waals surface area contributed by atoms with E-state index in [9.17, 15) is 0 Å². The Bertz CT molecular complexity index is 477. The van der Waals surface area contributed by atoms with Crippen LogP contribution in [0.2, 0.25) is 5.02 Å². The van der Waals surface area contributed by atoms with E-state index >= 15 is 0 Å². The average Bonchev–Trinajstić information content (AvgIpc) is 2.37. The summed E-state index contributed by atoms with van der Waals surface area (Å²) in [5.41, 5.74) is 0.970. The molecule has 1 aliphatic heterocycles. The van der Waals surface area contributed by atoms with Gasteiger partial charge < -0.3 is 15.0 Å². The van der Waals surface area contributed by atoms with E-state index in [0.29, 0.717) is 12.5 Å². The van der Waals surface area contributed by atoms with Crippen LogP contribution in [0.15, 0.2) is 12.3 Å². The van der Waals surface area contributed by atoms with Gasteiger partial charge >= 0.3 is 0 Å². The highest BCUT2D eigenvalue weighted by molar-refractivity contribution is 6.33. The summed E-state index contributed by atoms with van der Waals surface area (Å²) in [7, 11) is 0. The van der Waals surface area contributed by atoms with Crippen LogP contribution in [-0.4, -0.2) is 36.8 Å². The monoisotopic (exact) mass is 311 g/mol. The maximum absolute atomic E-state index is 6.42. The third-order valence-electron chi connectivity index (χ3n) is 3.49. The number of halogens is 1. The van der Waals surface area contributed by atoms with Gasteiger partial charge in [-0.1, -0.05) is 25.4 Å². The van der Waals surface area contributed by atoms with E-state index in [0.717, 1.165) is 42.6 Å². The second-order valence-electron chi connectivity index (χ2n) is 6.70. The van der Waals surface area contributed by atoms with Gasteiger partial charge in [0.2, 0.25) is 0 Å². The number of rotatable bonds is 5. The van der Waals surface area contributed by atoms with Crippen molar-refractivity contribution in [2.75, 3.05) is 31.1 Å². The molecular weight excluding hydrogens is 286 g/mol. The summed E-state index contributed by atoms with van der Waals surface area (Å²) >= 11 is 6.42. The molecule has 0 radical (unpaired) electrons. The molecule has 0 saturated carbocycles. The molecule has 0 bridgehead atoms. The highest BCUT2D eigenvalue weighted by Crippen LogP contribution is 2.28. The van der Waals surface area contributed by atoms with Gasteiger partial charge in [0, 0.05) is 25.8 Å². The van der Waals surface area contributed by atoms with Crippen LogP contribution in [0.4, 0.5) is 5.82 Å². The SMILES string of the molecule is CC(C)CNCc1cnc(N2CCOC(C)(C)C2)c(Cl)c1. The maximum atomic E-state index is 6.42. The smallest absolute Gasteiger partial charge is 0.147 e. The predicted octanol–water partition coefficient (Wildman–Crippen LogP) is 3.10. The molecule has 0 amide bonds. The summed E-state index contributed by atoms with van der Waals surface area (Å²) in [6.07, 6.45) is 1.91. The number of aromatic nitrogens is 1. The van der Waals surface area contributed by atoms with Crippen molar-refractivity contribution in [1.29, 1.82) is 0 Å². The molecule has 0 unspecified atom stereocenters. The Morgan fingerprint density at radius 2 is 2.24 bits per heavy atom. The van der Waals surface area contributed by atoms with Crippen LogP contribution in [0.5, 0.6) is 0 Å². The minimum atomic E-state index is -0.152.